The molecular formula is C34H20N2O. The van der Waals surface area contributed by atoms with Gasteiger partial charge in [-0.25, -0.2) is 9.97 Å². The molecular weight excluding hydrogens is 452 g/mol. The minimum absolute atomic E-state index is 0.695. The smallest absolute Gasteiger partial charge is 0.161 e. The summed E-state index contributed by atoms with van der Waals surface area (Å²) < 4.78 is 6.43. The van der Waals surface area contributed by atoms with Crippen molar-refractivity contribution in [3.8, 4) is 22.6 Å². The summed E-state index contributed by atoms with van der Waals surface area (Å²) in [4.78, 5) is 10.4. The molecule has 172 valence electrons. The molecule has 0 saturated carbocycles. The van der Waals surface area contributed by atoms with Gasteiger partial charge in [-0.2, -0.15) is 0 Å². The molecule has 0 radical (unpaired) electrons. The van der Waals surface area contributed by atoms with Crippen LogP contribution in [-0.4, -0.2) is 9.97 Å². The van der Waals surface area contributed by atoms with Gasteiger partial charge in [0.1, 0.15) is 11.2 Å². The summed E-state index contributed by atoms with van der Waals surface area (Å²) >= 11 is 0. The molecule has 6 aromatic carbocycles. The van der Waals surface area contributed by atoms with Crippen LogP contribution in [0.4, 0.5) is 0 Å². The fourth-order valence-corrected chi connectivity index (χ4v) is 5.57. The Morgan fingerprint density at radius 1 is 0.486 bits per heavy atom. The van der Waals surface area contributed by atoms with Gasteiger partial charge in [-0.05, 0) is 34.4 Å². The predicted molar refractivity (Wildman–Crippen MR) is 153 cm³/mol. The van der Waals surface area contributed by atoms with Crippen molar-refractivity contribution in [2.45, 2.75) is 0 Å². The zero-order chi connectivity index (χ0) is 24.3. The highest BCUT2D eigenvalue weighted by Crippen LogP contribution is 2.40. The van der Waals surface area contributed by atoms with Crippen molar-refractivity contribution in [3.05, 3.63) is 121 Å². The van der Waals surface area contributed by atoms with Gasteiger partial charge in [0.15, 0.2) is 5.82 Å². The van der Waals surface area contributed by atoms with Gasteiger partial charge in [0, 0.05) is 32.7 Å². The number of furan rings is 1. The Morgan fingerprint density at radius 3 is 2.16 bits per heavy atom. The first-order valence-electron chi connectivity index (χ1n) is 12.4. The zero-order valence-corrected chi connectivity index (χ0v) is 19.8. The van der Waals surface area contributed by atoms with Crippen LogP contribution in [0.3, 0.4) is 0 Å². The van der Waals surface area contributed by atoms with E-state index in [1.165, 1.54) is 5.39 Å². The van der Waals surface area contributed by atoms with Crippen LogP contribution in [-0.2, 0) is 0 Å². The average Bonchev–Trinajstić information content (AvgIpc) is 3.35. The van der Waals surface area contributed by atoms with Crippen LogP contribution < -0.4 is 0 Å². The summed E-state index contributed by atoms with van der Waals surface area (Å²) in [6.45, 7) is 0. The molecule has 37 heavy (non-hydrogen) atoms. The normalized spacial score (nSPS) is 11.8. The van der Waals surface area contributed by atoms with Crippen molar-refractivity contribution in [1.82, 2.24) is 9.97 Å². The van der Waals surface area contributed by atoms with Gasteiger partial charge in [0.2, 0.25) is 0 Å². The first-order valence-corrected chi connectivity index (χ1v) is 12.4. The molecule has 0 N–H and O–H groups in total. The lowest BCUT2D eigenvalue weighted by atomic mass is 9.98. The van der Waals surface area contributed by atoms with Crippen LogP contribution >= 0.6 is 0 Å². The second-order valence-corrected chi connectivity index (χ2v) is 9.39. The molecule has 0 atom stereocenters. The van der Waals surface area contributed by atoms with Crippen molar-refractivity contribution >= 4 is 54.4 Å². The van der Waals surface area contributed by atoms with Crippen LogP contribution in [0, 0.1) is 0 Å². The van der Waals surface area contributed by atoms with Crippen LogP contribution in [0.1, 0.15) is 0 Å². The second-order valence-electron chi connectivity index (χ2n) is 9.39. The quantitative estimate of drug-likeness (QED) is 0.235. The molecule has 0 spiro atoms. The molecule has 0 saturated heterocycles. The Balaban J connectivity index is 1.51. The molecule has 2 aromatic heterocycles. The molecule has 8 rings (SSSR count). The number of benzene rings is 6. The molecule has 3 heteroatoms. The van der Waals surface area contributed by atoms with Crippen LogP contribution in [0.25, 0.3) is 77.0 Å². The number of hydrogen-bond donors (Lipinski definition) is 0. The lowest BCUT2D eigenvalue weighted by Gasteiger charge is -2.13. The summed E-state index contributed by atoms with van der Waals surface area (Å²) in [7, 11) is 0. The first kappa shape index (κ1) is 20.2. The van der Waals surface area contributed by atoms with E-state index in [1.807, 2.05) is 18.2 Å². The van der Waals surface area contributed by atoms with Gasteiger partial charge in [-0.15, -0.1) is 0 Å². The van der Waals surface area contributed by atoms with Crippen molar-refractivity contribution in [1.29, 1.82) is 0 Å². The Morgan fingerprint density at radius 2 is 1.24 bits per heavy atom. The summed E-state index contributed by atoms with van der Waals surface area (Å²) in [5.74, 6) is 0.695. The van der Waals surface area contributed by atoms with E-state index < -0.39 is 0 Å². The number of fused-ring (bicyclic) bond motifs is 8. The number of para-hydroxylation sites is 1. The van der Waals surface area contributed by atoms with E-state index in [2.05, 4.69) is 103 Å². The SMILES string of the molecule is c1ccc(-c2nc(-c3cccc4ccc5c6ccccc6oc5c34)nc3ccc4ccccc4c23)cc1. The van der Waals surface area contributed by atoms with Gasteiger partial charge >= 0.3 is 0 Å². The Kier molecular flexibility index (Phi) is 4.23. The molecule has 0 aliphatic heterocycles. The molecule has 0 fully saturated rings. The maximum Gasteiger partial charge on any atom is 0.161 e. The van der Waals surface area contributed by atoms with Crippen LogP contribution in [0.2, 0.25) is 0 Å². The molecule has 3 nitrogen and oxygen atoms in total. The average molecular weight is 473 g/mol. The van der Waals surface area contributed by atoms with Crippen molar-refractivity contribution in [2.24, 2.45) is 0 Å². The summed E-state index contributed by atoms with van der Waals surface area (Å²) in [5.41, 5.74) is 5.66. The zero-order valence-electron chi connectivity index (χ0n) is 19.8. The fraction of sp³-hybridized carbons (Fsp3) is 0. The molecule has 0 amide bonds. The largest absolute Gasteiger partial charge is 0.455 e. The van der Waals surface area contributed by atoms with E-state index in [9.17, 15) is 0 Å². The molecule has 0 bridgehead atoms. The number of aromatic nitrogens is 2. The molecule has 2 heterocycles. The van der Waals surface area contributed by atoms with Crippen LogP contribution in [0.5, 0.6) is 0 Å². The minimum atomic E-state index is 0.695. The monoisotopic (exact) mass is 472 g/mol. The van der Waals surface area contributed by atoms with E-state index in [0.29, 0.717) is 5.82 Å². The molecule has 0 aliphatic rings. The third kappa shape index (κ3) is 3.01. The third-order valence-electron chi connectivity index (χ3n) is 7.26. The topological polar surface area (TPSA) is 38.9 Å². The summed E-state index contributed by atoms with van der Waals surface area (Å²) in [6, 6.07) is 41.9. The van der Waals surface area contributed by atoms with Crippen molar-refractivity contribution < 1.29 is 4.42 Å². The minimum Gasteiger partial charge on any atom is -0.455 e. The van der Waals surface area contributed by atoms with Crippen molar-refractivity contribution in [2.75, 3.05) is 0 Å². The fourth-order valence-electron chi connectivity index (χ4n) is 5.57. The van der Waals surface area contributed by atoms with Gasteiger partial charge < -0.3 is 4.42 Å². The highest BCUT2D eigenvalue weighted by molar-refractivity contribution is 6.19. The van der Waals surface area contributed by atoms with E-state index in [1.54, 1.807) is 0 Å². The second kappa shape index (κ2) is 7.74. The Hall–Kier alpha value is -5.02. The Bertz CT molecular complexity index is 2140. The van der Waals surface area contributed by atoms with Gasteiger partial charge in [-0.1, -0.05) is 103 Å². The Labute approximate surface area is 212 Å². The highest BCUT2D eigenvalue weighted by Gasteiger charge is 2.18. The standard InChI is InChI=1S/C34H20N2O/c1-2-10-23(11-3-1)32-31-24-13-5-4-9-21(24)18-20-28(31)35-34(36-32)27-15-8-12-22-17-19-26-25-14-6-7-16-29(25)37-33(26)30(22)27/h1-20H. The third-order valence-corrected chi connectivity index (χ3v) is 7.26. The maximum absolute atomic E-state index is 6.43. The summed E-state index contributed by atoms with van der Waals surface area (Å²) in [6.07, 6.45) is 0. The number of rotatable bonds is 2. The van der Waals surface area contributed by atoms with E-state index in [-0.39, 0.29) is 0 Å². The van der Waals surface area contributed by atoms with Gasteiger partial charge in [0.25, 0.3) is 0 Å². The highest BCUT2D eigenvalue weighted by atomic mass is 16.3. The number of nitrogens with zero attached hydrogens (tertiary/aromatic N) is 2. The van der Waals surface area contributed by atoms with Gasteiger partial charge in [-0.3, -0.25) is 0 Å². The van der Waals surface area contributed by atoms with Crippen molar-refractivity contribution in [3.63, 3.8) is 0 Å². The number of hydrogen-bond acceptors (Lipinski definition) is 3. The summed E-state index contributed by atoms with van der Waals surface area (Å²) in [5, 5.41) is 7.77. The van der Waals surface area contributed by atoms with Crippen LogP contribution in [0.15, 0.2) is 126 Å². The molecule has 0 aliphatic carbocycles. The maximum atomic E-state index is 6.43. The lowest BCUT2D eigenvalue weighted by molar-refractivity contribution is 0.673. The van der Waals surface area contributed by atoms with E-state index >= 15 is 0 Å². The molecule has 8 aromatic rings. The predicted octanol–water partition coefficient (Wildman–Crippen LogP) is 9.17. The lowest BCUT2D eigenvalue weighted by Crippen LogP contribution is -1.96. The van der Waals surface area contributed by atoms with Gasteiger partial charge in [0.05, 0.1) is 11.2 Å². The van der Waals surface area contributed by atoms with E-state index in [0.717, 1.165) is 65.8 Å². The first-order chi connectivity index (χ1) is 18.3. The van der Waals surface area contributed by atoms with E-state index in [4.69, 9.17) is 14.4 Å². The molecule has 0 unspecified atom stereocenters.